The van der Waals surface area contributed by atoms with Crippen LogP contribution in [0.2, 0.25) is 0 Å². The van der Waals surface area contributed by atoms with E-state index in [9.17, 15) is 0 Å². The molecule has 3 heteroatoms. The fraction of sp³-hybridized carbons (Fsp3) is 0.500. The number of nitrogens with one attached hydrogen (secondary N) is 1. The van der Waals surface area contributed by atoms with Crippen molar-refractivity contribution in [3.05, 3.63) is 36.1 Å². The van der Waals surface area contributed by atoms with Crippen molar-refractivity contribution in [3.63, 3.8) is 0 Å². The van der Waals surface area contributed by atoms with Crippen molar-refractivity contribution >= 4 is 22.7 Å². The van der Waals surface area contributed by atoms with Crippen LogP contribution in [-0.2, 0) is 0 Å². The molecule has 0 saturated carbocycles. The summed E-state index contributed by atoms with van der Waals surface area (Å²) < 4.78 is 6.06. The summed E-state index contributed by atoms with van der Waals surface area (Å²) in [6, 6.07) is 10.9. The summed E-state index contributed by atoms with van der Waals surface area (Å²) in [6.45, 7) is 3.27. The molecule has 1 N–H and O–H groups in total. The summed E-state index contributed by atoms with van der Waals surface area (Å²) >= 11 is 2.08. The molecule has 19 heavy (non-hydrogen) atoms. The Morgan fingerprint density at radius 1 is 1.42 bits per heavy atom. The predicted octanol–water partition coefficient (Wildman–Crippen LogP) is 4.37. The van der Waals surface area contributed by atoms with Gasteiger partial charge >= 0.3 is 0 Å². The maximum absolute atomic E-state index is 6.06. The first-order chi connectivity index (χ1) is 9.38. The van der Waals surface area contributed by atoms with Crippen LogP contribution in [0.3, 0.4) is 0 Å². The van der Waals surface area contributed by atoms with E-state index < -0.39 is 0 Å². The van der Waals surface area contributed by atoms with Gasteiger partial charge in [0.15, 0.2) is 0 Å². The van der Waals surface area contributed by atoms with Gasteiger partial charge in [0.1, 0.15) is 11.3 Å². The second-order valence-electron chi connectivity index (χ2n) is 5.17. The van der Waals surface area contributed by atoms with Gasteiger partial charge in [-0.05, 0) is 43.7 Å². The lowest BCUT2D eigenvalue weighted by Crippen LogP contribution is -2.29. The van der Waals surface area contributed by atoms with E-state index in [0.717, 1.165) is 24.3 Å². The third-order valence-electron chi connectivity index (χ3n) is 3.70. The molecular weight excluding hydrogens is 254 g/mol. The van der Waals surface area contributed by atoms with E-state index in [1.165, 1.54) is 24.0 Å². The number of benzene rings is 1. The number of para-hydroxylation sites is 1. The van der Waals surface area contributed by atoms with Crippen LogP contribution in [0.25, 0.3) is 11.0 Å². The van der Waals surface area contributed by atoms with Crippen LogP contribution >= 0.6 is 11.8 Å². The Balaban J connectivity index is 1.88. The number of thioether (sulfide) groups is 1. The molecular formula is C16H21NOS. The summed E-state index contributed by atoms with van der Waals surface area (Å²) in [6.07, 6.45) is 3.79. The quantitative estimate of drug-likeness (QED) is 0.877. The molecule has 0 amide bonds. The standard InChI is InChI=1S/C16H21NOS/c1-2-9-17-16(15-8-5-10-19-15)14-11-12-6-3-4-7-13(12)18-14/h3-4,6-7,11,15-17H,2,5,8-10H2,1H3. The topological polar surface area (TPSA) is 25.2 Å². The average Bonchev–Trinajstić information content (AvgIpc) is 3.08. The maximum Gasteiger partial charge on any atom is 0.134 e. The highest BCUT2D eigenvalue weighted by molar-refractivity contribution is 8.00. The molecule has 1 aliphatic rings. The minimum absolute atomic E-state index is 0.361. The van der Waals surface area contributed by atoms with Gasteiger partial charge < -0.3 is 9.73 Å². The first-order valence-corrected chi connectivity index (χ1v) is 8.27. The Bertz CT molecular complexity index is 497. The molecule has 3 rings (SSSR count). The highest BCUT2D eigenvalue weighted by Crippen LogP contribution is 2.37. The monoisotopic (exact) mass is 275 g/mol. The lowest BCUT2D eigenvalue weighted by Gasteiger charge is -2.22. The Labute approximate surface area is 118 Å². The van der Waals surface area contributed by atoms with E-state index in [4.69, 9.17) is 4.42 Å². The molecule has 0 radical (unpaired) electrons. The van der Waals surface area contributed by atoms with Crippen molar-refractivity contribution in [3.8, 4) is 0 Å². The molecule has 2 unspecified atom stereocenters. The van der Waals surface area contributed by atoms with Crippen LogP contribution in [0, 0.1) is 0 Å². The normalized spacial score (nSPS) is 21.0. The highest BCUT2D eigenvalue weighted by atomic mass is 32.2. The van der Waals surface area contributed by atoms with Crippen LogP contribution in [0.4, 0.5) is 0 Å². The van der Waals surface area contributed by atoms with Crippen LogP contribution in [0.5, 0.6) is 0 Å². The molecule has 102 valence electrons. The molecule has 2 aromatic rings. The van der Waals surface area contributed by atoms with Crippen molar-refractivity contribution in [2.24, 2.45) is 0 Å². The SMILES string of the molecule is CCCNC(c1cc2ccccc2o1)C1CCCS1. The van der Waals surface area contributed by atoms with Crippen molar-refractivity contribution < 1.29 is 4.42 Å². The van der Waals surface area contributed by atoms with Gasteiger partial charge in [0.05, 0.1) is 6.04 Å². The van der Waals surface area contributed by atoms with Crippen molar-refractivity contribution in [1.82, 2.24) is 5.32 Å². The summed E-state index contributed by atoms with van der Waals surface area (Å²) in [7, 11) is 0. The Morgan fingerprint density at radius 3 is 3.05 bits per heavy atom. The van der Waals surface area contributed by atoms with Gasteiger partial charge in [-0.2, -0.15) is 11.8 Å². The highest BCUT2D eigenvalue weighted by Gasteiger charge is 2.28. The smallest absolute Gasteiger partial charge is 0.134 e. The number of rotatable bonds is 5. The molecule has 1 fully saturated rings. The summed E-state index contributed by atoms with van der Waals surface area (Å²) in [5.74, 6) is 2.39. The van der Waals surface area contributed by atoms with E-state index in [1.54, 1.807) is 0 Å². The number of hydrogen-bond acceptors (Lipinski definition) is 3. The van der Waals surface area contributed by atoms with Gasteiger partial charge in [0.25, 0.3) is 0 Å². The molecule has 2 nitrogen and oxygen atoms in total. The molecule has 0 bridgehead atoms. The first kappa shape index (κ1) is 13.1. The zero-order chi connectivity index (χ0) is 13.1. The molecule has 1 aliphatic heterocycles. The zero-order valence-electron chi connectivity index (χ0n) is 11.4. The van der Waals surface area contributed by atoms with E-state index in [-0.39, 0.29) is 0 Å². The molecule has 1 saturated heterocycles. The van der Waals surface area contributed by atoms with E-state index in [1.807, 2.05) is 6.07 Å². The molecule has 0 spiro atoms. The van der Waals surface area contributed by atoms with Gasteiger partial charge in [0, 0.05) is 10.6 Å². The van der Waals surface area contributed by atoms with Gasteiger partial charge in [-0.25, -0.2) is 0 Å². The largest absolute Gasteiger partial charge is 0.459 e. The maximum atomic E-state index is 6.06. The third kappa shape index (κ3) is 2.82. The van der Waals surface area contributed by atoms with E-state index >= 15 is 0 Å². The fourth-order valence-electron chi connectivity index (χ4n) is 2.74. The minimum atomic E-state index is 0.361. The lowest BCUT2D eigenvalue weighted by molar-refractivity contribution is 0.415. The van der Waals surface area contributed by atoms with Gasteiger partial charge in [0.2, 0.25) is 0 Å². The summed E-state index contributed by atoms with van der Waals surface area (Å²) in [5, 5.41) is 5.55. The van der Waals surface area contributed by atoms with Crippen LogP contribution in [0.15, 0.2) is 34.7 Å². The molecule has 1 aromatic carbocycles. The van der Waals surface area contributed by atoms with Crippen molar-refractivity contribution in [1.29, 1.82) is 0 Å². The lowest BCUT2D eigenvalue weighted by atomic mass is 10.1. The Hall–Kier alpha value is -0.930. The van der Waals surface area contributed by atoms with E-state index in [2.05, 4.69) is 48.3 Å². The minimum Gasteiger partial charge on any atom is -0.459 e. The first-order valence-electron chi connectivity index (χ1n) is 7.22. The molecule has 1 aromatic heterocycles. The summed E-state index contributed by atoms with van der Waals surface area (Å²) in [5.41, 5.74) is 1.00. The third-order valence-corrected chi connectivity index (χ3v) is 5.16. The van der Waals surface area contributed by atoms with Crippen LogP contribution in [-0.4, -0.2) is 17.5 Å². The summed E-state index contributed by atoms with van der Waals surface area (Å²) in [4.78, 5) is 0. The molecule has 2 atom stereocenters. The predicted molar refractivity (Wildman–Crippen MR) is 82.7 cm³/mol. The van der Waals surface area contributed by atoms with Crippen LogP contribution < -0.4 is 5.32 Å². The average molecular weight is 275 g/mol. The Morgan fingerprint density at radius 2 is 2.32 bits per heavy atom. The van der Waals surface area contributed by atoms with Crippen molar-refractivity contribution in [2.75, 3.05) is 12.3 Å². The fourth-order valence-corrected chi connectivity index (χ4v) is 4.13. The number of fused-ring (bicyclic) bond motifs is 1. The van der Waals surface area contributed by atoms with Crippen LogP contribution in [0.1, 0.15) is 38.0 Å². The van der Waals surface area contributed by atoms with E-state index in [0.29, 0.717) is 11.3 Å². The van der Waals surface area contributed by atoms with Gasteiger partial charge in [-0.15, -0.1) is 0 Å². The number of furan rings is 1. The second kappa shape index (κ2) is 6.02. The second-order valence-corrected chi connectivity index (χ2v) is 6.52. The number of hydrogen-bond donors (Lipinski definition) is 1. The van der Waals surface area contributed by atoms with Gasteiger partial charge in [-0.1, -0.05) is 25.1 Å². The Kier molecular flexibility index (Phi) is 4.14. The zero-order valence-corrected chi connectivity index (χ0v) is 12.2. The molecule has 0 aliphatic carbocycles. The van der Waals surface area contributed by atoms with Crippen molar-refractivity contribution in [2.45, 2.75) is 37.5 Å². The molecule has 2 heterocycles. The van der Waals surface area contributed by atoms with Gasteiger partial charge in [-0.3, -0.25) is 0 Å².